The lowest BCUT2D eigenvalue weighted by molar-refractivity contribution is -0.128. The molecule has 0 radical (unpaired) electrons. The van der Waals surface area contributed by atoms with Crippen molar-refractivity contribution in [3.8, 4) is 0 Å². The molecule has 0 spiro atoms. The Morgan fingerprint density at radius 2 is 1.97 bits per heavy atom. The predicted molar refractivity (Wildman–Crippen MR) is 118 cm³/mol. The topological polar surface area (TPSA) is 88.1 Å². The first kappa shape index (κ1) is 21.9. The Labute approximate surface area is 183 Å². The highest BCUT2D eigenvalue weighted by atomic mass is 35.5. The minimum Gasteiger partial charge on any atom is -0.465 e. The number of halogens is 1. The van der Waals surface area contributed by atoms with E-state index < -0.39 is 11.2 Å². The van der Waals surface area contributed by atoms with Gasteiger partial charge in [-0.2, -0.15) is 0 Å². The molecule has 1 unspecified atom stereocenters. The van der Waals surface area contributed by atoms with E-state index in [1.807, 2.05) is 6.92 Å². The number of amides is 2. The van der Waals surface area contributed by atoms with Gasteiger partial charge in [0.1, 0.15) is 5.25 Å². The molecule has 1 atom stereocenters. The van der Waals surface area contributed by atoms with Crippen molar-refractivity contribution in [1.29, 1.82) is 0 Å². The van der Waals surface area contributed by atoms with Gasteiger partial charge in [0.2, 0.25) is 11.8 Å². The Morgan fingerprint density at radius 3 is 2.60 bits per heavy atom. The summed E-state index contributed by atoms with van der Waals surface area (Å²) in [6.45, 7) is 2.29. The molecule has 156 valence electrons. The zero-order valence-corrected chi connectivity index (χ0v) is 18.0. The fourth-order valence-corrected chi connectivity index (χ4v) is 4.28. The highest BCUT2D eigenvalue weighted by Gasteiger charge is 2.38. The number of nitrogens with one attached hydrogen (secondary N) is 1. The van der Waals surface area contributed by atoms with Crippen molar-refractivity contribution in [3.63, 3.8) is 0 Å². The number of anilines is 1. The van der Waals surface area contributed by atoms with Crippen molar-refractivity contribution in [1.82, 2.24) is 4.90 Å². The van der Waals surface area contributed by atoms with Gasteiger partial charge in [-0.25, -0.2) is 9.79 Å². The second-order valence-electron chi connectivity index (χ2n) is 6.38. The van der Waals surface area contributed by atoms with Gasteiger partial charge in [0.15, 0.2) is 5.17 Å². The molecule has 1 saturated heterocycles. The van der Waals surface area contributed by atoms with Crippen LogP contribution in [-0.2, 0) is 14.3 Å². The number of methoxy groups -OCH3 is 1. The van der Waals surface area contributed by atoms with Crippen molar-refractivity contribution < 1.29 is 19.1 Å². The molecular formula is C21H20ClN3O4S. The molecule has 1 heterocycles. The average Bonchev–Trinajstić information content (AvgIpc) is 3.01. The van der Waals surface area contributed by atoms with E-state index in [0.29, 0.717) is 33.7 Å². The molecule has 2 aromatic carbocycles. The number of aliphatic imine (C=N–C) groups is 1. The van der Waals surface area contributed by atoms with Crippen molar-refractivity contribution in [2.24, 2.45) is 4.99 Å². The molecule has 2 amide bonds. The lowest BCUT2D eigenvalue weighted by Gasteiger charge is -2.13. The van der Waals surface area contributed by atoms with E-state index in [4.69, 9.17) is 11.6 Å². The third kappa shape index (κ3) is 5.20. The molecule has 0 aliphatic carbocycles. The molecular weight excluding hydrogens is 426 g/mol. The Bertz CT molecular complexity index is 994. The normalized spacial score (nSPS) is 17.3. The Kier molecular flexibility index (Phi) is 7.12. The van der Waals surface area contributed by atoms with Crippen LogP contribution in [0.2, 0.25) is 5.02 Å². The zero-order valence-electron chi connectivity index (χ0n) is 16.4. The number of amidine groups is 1. The number of esters is 1. The van der Waals surface area contributed by atoms with Crippen molar-refractivity contribution >= 4 is 57.7 Å². The van der Waals surface area contributed by atoms with Crippen LogP contribution >= 0.6 is 23.4 Å². The summed E-state index contributed by atoms with van der Waals surface area (Å²) in [7, 11) is 1.32. The second kappa shape index (κ2) is 9.77. The molecule has 1 fully saturated rings. The van der Waals surface area contributed by atoms with Gasteiger partial charge in [-0.3, -0.25) is 14.5 Å². The summed E-state index contributed by atoms with van der Waals surface area (Å²) in [5.74, 6) is -0.864. The van der Waals surface area contributed by atoms with E-state index in [-0.39, 0.29) is 18.2 Å². The third-order valence-corrected chi connectivity index (χ3v) is 5.74. The van der Waals surface area contributed by atoms with Crippen LogP contribution in [0.5, 0.6) is 0 Å². The first-order valence-corrected chi connectivity index (χ1v) is 10.5. The fourth-order valence-electron chi connectivity index (χ4n) is 2.86. The average molecular weight is 446 g/mol. The van der Waals surface area contributed by atoms with Crippen LogP contribution < -0.4 is 5.32 Å². The maximum atomic E-state index is 12.7. The first-order valence-electron chi connectivity index (χ1n) is 9.21. The minimum atomic E-state index is -0.558. The van der Waals surface area contributed by atoms with Crippen LogP contribution in [0.1, 0.15) is 23.7 Å². The molecule has 1 aliphatic rings. The highest BCUT2D eigenvalue weighted by Crippen LogP contribution is 2.32. The smallest absolute Gasteiger partial charge is 0.337 e. The number of ether oxygens (including phenoxy) is 1. The summed E-state index contributed by atoms with van der Waals surface area (Å²) < 4.78 is 4.68. The minimum absolute atomic E-state index is 0.0206. The maximum absolute atomic E-state index is 12.7. The van der Waals surface area contributed by atoms with Crippen molar-refractivity contribution in [2.45, 2.75) is 18.6 Å². The van der Waals surface area contributed by atoms with E-state index >= 15 is 0 Å². The predicted octanol–water partition coefficient (Wildman–Crippen LogP) is 4.11. The first-order chi connectivity index (χ1) is 14.4. The number of rotatable bonds is 6. The largest absolute Gasteiger partial charge is 0.465 e. The molecule has 3 rings (SSSR count). The highest BCUT2D eigenvalue weighted by molar-refractivity contribution is 8.15. The zero-order chi connectivity index (χ0) is 21.7. The van der Waals surface area contributed by atoms with E-state index in [1.54, 1.807) is 53.4 Å². The molecule has 30 heavy (non-hydrogen) atoms. The Hall–Kier alpha value is -2.84. The summed E-state index contributed by atoms with van der Waals surface area (Å²) in [4.78, 5) is 42.7. The van der Waals surface area contributed by atoms with E-state index in [9.17, 15) is 14.4 Å². The van der Waals surface area contributed by atoms with Crippen LogP contribution in [0, 0.1) is 0 Å². The Morgan fingerprint density at radius 1 is 1.23 bits per heavy atom. The molecule has 0 bridgehead atoms. The van der Waals surface area contributed by atoms with Gasteiger partial charge < -0.3 is 10.1 Å². The molecule has 0 aromatic heterocycles. The van der Waals surface area contributed by atoms with Gasteiger partial charge in [0.05, 0.1) is 18.4 Å². The van der Waals surface area contributed by atoms with Crippen molar-refractivity contribution in [3.05, 3.63) is 59.1 Å². The summed E-state index contributed by atoms with van der Waals surface area (Å²) >= 11 is 7.18. The number of nitrogens with zero attached hydrogens (tertiary/aromatic N) is 2. The standard InChI is InChI=1S/C21H20ClN3O4S/c1-3-25-19(27)17(12-18(26)23-16-6-4-5-14(22)11-16)30-21(25)24-15-9-7-13(8-10-15)20(28)29-2/h4-11,17H,3,12H2,1-2H3,(H,23,26). The van der Waals surface area contributed by atoms with Crippen LogP contribution in [-0.4, -0.2) is 46.8 Å². The van der Waals surface area contributed by atoms with E-state index in [0.717, 1.165) is 0 Å². The molecule has 0 saturated carbocycles. The number of hydrogen-bond acceptors (Lipinski definition) is 6. The van der Waals surface area contributed by atoms with E-state index in [1.165, 1.54) is 18.9 Å². The van der Waals surface area contributed by atoms with Gasteiger partial charge >= 0.3 is 5.97 Å². The molecule has 1 N–H and O–H groups in total. The van der Waals surface area contributed by atoms with Gasteiger partial charge in [0, 0.05) is 23.7 Å². The van der Waals surface area contributed by atoms with Crippen LogP contribution in [0.3, 0.4) is 0 Å². The van der Waals surface area contributed by atoms with Gasteiger partial charge in [-0.15, -0.1) is 0 Å². The van der Waals surface area contributed by atoms with Crippen molar-refractivity contribution in [2.75, 3.05) is 19.0 Å². The molecule has 2 aromatic rings. The number of carbonyl (C=O) groups excluding carboxylic acids is 3. The summed E-state index contributed by atoms with van der Waals surface area (Å²) in [6, 6.07) is 13.4. The number of benzene rings is 2. The Balaban J connectivity index is 1.70. The summed E-state index contributed by atoms with van der Waals surface area (Å²) in [6.07, 6.45) is 0.0206. The summed E-state index contributed by atoms with van der Waals surface area (Å²) in [5, 5.41) is 3.24. The maximum Gasteiger partial charge on any atom is 0.337 e. The monoisotopic (exact) mass is 445 g/mol. The number of hydrogen-bond donors (Lipinski definition) is 1. The van der Waals surface area contributed by atoms with Crippen LogP contribution in [0.25, 0.3) is 0 Å². The molecule has 7 nitrogen and oxygen atoms in total. The van der Waals surface area contributed by atoms with Crippen LogP contribution in [0.15, 0.2) is 53.5 Å². The van der Waals surface area contributed by atoms with Gasteiger partial charge in [-0.1, -0.05) is 29.4 Å². The number of thioether (sulfide) groups is 1. The lowest BCUT2D eigenvalue weighted by atomic mass is 10.2. The molecule has 1 aliphatic heterocycles. The van der Waals surface area contributed by atoms with Gasteiger partial charge in [0.25, 0.3) is 0 Å². The van der Waals surface area contributed by atoms with Crippen LogP contribution in [0.4, 0.5) is 11.4 Å². The fraction of sp³-hybridized carbons (Fsp3) is 0.238. The SMILES string of the molecule is CCN1C(=O)C(CC(=O)Nc2cccc(Cl)c2)SC1=Nc1ccc(C(=O)OC)cc1. The second-order valence-corrected chi connectivity index (χ2v) is 7.99. The quantitative estimate of drug-likeness (QED) is 0.676. The van der Waals surface area contributed by atoms with E-state index in [2.05, 4.69) is 15.0 Å². The summed E-state index contributed by atoms with van der Waals surface area (Å²) in [5.41, 5.74) is 1.59. The molecule has 9 heteroatoms. The van der Waals surface area contributed by atoms with Gasteiger partial charge in [-0.05, 0) is 49.4 Å². The third-order valence-electron chi connectivity index (χ3n) is 4.33. The number of carbonyl (C=O) groups is 3. The lowest BCUT2D eigenvalue weighted by Crippen LogP contribution is -2.33.